The number of phosphoric acid groups is 1. The summed E-state index contributed by atoms with van der Waals surface area (Å²) in [5.74, 6) is -0.835. The molecule has 0 aromatic rings. The highest BCUT2D eigenvalue weighted by atomic mass is 31.2. The first-order valence-electron chi connectivity index (χ1n) is 29.7. The van der Waals surface area contributed by atoms with E-state index in [-0.39, 0.29) is 38.6 Å². The summed E-state index contributed by atoms with van der Waals surface area (Å²) in [6.07, 6.45) is 77.4. The van der Waals surface area contributed by atoms with Crippen LogP contribution in [0.4, 0.5) is 0 Å². The lowest BCUT2D eigenvalue weighted by molar-refractivity contribution is -0.161. The summed E-state index contributed by atoms with van der Waals surface area (Å²) >= 11 is 0. The third-order valence-electron chi connectivity index (χ3n) is 12.5. The Hall–Kier alpha value is -3.07. The molecule has 0 aliphatic carbocycles. The lowest BCUT2D eigenvalue weighted by atomic mass is 10.0. The average Bonchev–Trinajstić information content (AvgIpc) is 3.38. The summed E-state index contributed by atoms with van der Waals surface area (Å²) in [7, 11) is -4.40. The highest BCUT2D eigenvalue weighted by Crippen LogP contribution is 2.43. The third-order valence-corrected chi connectivity index (χ3v) is 13.4. The highest BCUT2D eigenvalue weighted by Gasteiger charge is 2.26. The molecule has 0 saturated carbocycles. The molecule has 0 radical (unpaired) electrons. The summed E-state index contributed by atoms with van der Waals surface area (Å²) in [5, 5.41) is 0. The fraction of sp³-hybridized carbons (Fsp3) is 0.714. The van der Waals surface area contributed by atoms with Crippen molar-refractivity contribution < 1.29 is 37.6 Å². The molecule has 0 aliphatic heterocycles. The van der Waals surface area contributed by atoms with Crippen LogP contribution in [-0.2, 0) is 32.7 Å². The number of hydrogen-bond acceptors (Lipinski definition) is 8. The van der Waals surface area contributed by atoms with Gasteiger partial charge in [0.2, 0.25) is 0 Å². The molecular weight excluding hydrogens is 930 g/mol. The lowest BCUT2D eigenvalue weighted by Crippen LogP contribution is -2.29. The van der Waals surface area contributed by atoms with E-state index in [4.69, 9.17) is 24.3 Å². The number of ether oxygens (including phenoxy) is 2. The van der Waals surface area contributed by atoms with Crippen molar-refractivity contribution in [1.82, 2.24) is 0 Å². The molecule has 0 aliphatic rings. The van der Waals surface area contributed by atoms with Crippen LogP contribution in [0.1, 0.15) is 258 Å². The molecule has 420 valence electrons. The van der Waals surface area contributed by atoms with Gasteiger partial charge in [0, 0.05) is 19.4 Å². The molecule has 0 amide bonds. The SMILES string of the molecule is CC/C=C\C/C=C\C/C=C\C/C=C\C/C=C\CCCCCCCCCCCCCC(=O)OC(COC(=O)CCCCCCCCCCCC/C=C\C/C=C\C/C=C\CCCCCCC)COP(=O)(O)OCCN. The molecule has 0 bridgehead atoms. The Morgan fingerprint density at radius 1 is 0.425 bits per heavy atom. The maximum atomic E-state index is 12.7. The van der Waals surface area contributed by atoms with Gasteiger partial charge in [-0.05, 0) is 96.3 Å². The van der Waals surface area contributed by atoms with Gasteiger partial charge >= 0.3 is 19.8 Å². The van der Waals surface area contributed by atoms with Crippen molar-refractivity contribution in [3.05, 3.63) is 97.2 Å². The minimum Gasteiger partial charge on any atom is -0.462 e. The molecule has 0 aromatic heterocycles. The van der Waals surface area contributed by atoms with E-state index in [1.807, 2.05) is 0 Å². The third kappa shape index (κ3) is 58.1. The van der Waals surface area contributed by atoms with Crippen LogP contribution in [-0.4, -0.2) is 49.3 Å². The van der Waals surface area contributed by atoms with Crippen molar-refractivity contribution in [2.45, 2.75) is 264 Å². The number of carbonyl (C=O) groups excluding carboxylic acids is 2. The van der Waals surface area contributed by atoms with Crippen LogP contribution < -0.4 is 5.73 Å². The minimum absolute atomic E-state index is 0.0482. The summed E-state index contributed by atoms with van der Waals surface area (Å²) in [4.78, 5) is 35.2. The van der Waals surface area contributed by atoms with Crippen molar-refractivity contribution in [2.75, 3.05) is 26.4 Å². The van der Waals surface area contributed by atoms with Gasteiger partial charge in [0.25, 0.3) is 0 Å². The molecule has 2 atom stereocenters. The Labute approximate surface area is 448 Å². The van der Waals surface area contributed by atoms with Crippen LogP contribution in [0, 0.1) is 0 Å². The molecule has 0 rings (SSSR count). The van der Waals surface area contributed by atoms with E-state index in [0.29, 0.717) is 6.42 Å². The standard InChI is InChI=1S/C63H110NO8P/c1-3-5-7-9-11-13-15-17-19-21-23-25-27-29-30-32-34-36-38-40-42-44-46-48-50-52-54-56-63(66)72-61(60-71-73(67,68)70-58-57-64)59-69-62(65)55-53-51-49-47-45-43-41-39-37-35-33-31-28-26-24-22-20-18-16-14-12-10-8-6-4-2/h5,7,11,13,16-19,22-25,28-31,61H,3-4,6,8-10,12,14-15,20-21,26-27,32-60,64H2,1-2H3,(H,67,68)/b7-5-,13-11-,18-16-,19-17-,24-22-,25-23-,30-29-,31-28-. The number of hydrogen-bond donors (Lipinski definition) is 2. The van der Waals surface area contributed by atoms with Crippen molar-refractivity contribution >= 4 is 19.8 Å². The molecule has 10 heteroatoms. The monoisotopic (exact) mass is 1040 g/mol. The van der Waals surface area contributed by atoms with Crippen LogP contribution in [0.25, 0.3) is 0 Å². The van der Waals surface area contributed by atoms with Crippen LogP contribution in [0.15, 0.2) is 97.2 Å². The smallest absolute Gasteiger partial charge is 0.462 e. The predicted octanol–water partition coefficient (Wildman–Crippen LogP) is 18.8. The zero-order valence-corrected chi connectivity index (χ0v) is 47.7. The molecular formula is C63H110NO8P. The van der Waals surface area contributed by atoms with Crippen LogP contribution >= 0.6 is 7.82 Å². The number of unbranched alkanes of at least 4 members (excludes halogenated alkanes) is 26. The largest absolute Gasteiger partial charge is 0.472 e. The number of phosphoric ester groups is 1. The molecule has 9 nitrogen and oxygen atoms in total. The van der Waals surface area contributed by atoms with E-state index < -0.39 is 26.5 Å². The Bertz CT molecular complexity index is 1510. The Morgan fingerprint density at radius 3 is 1.12 bits per heavy atom. The first kappa shape index (κ1) is 69.9. The number of carbonyl (C=O) groups is 2. The molecule has 73 heavy (non-hydrogen) atoms. The second kappa shape index (κ2) is 58.2. The summed E-state index contributed by atoms with van der Waals surface area (Å²) in [6, 6.07) is 0. The van der Waals surface area contributed by atoms with E-state index in [0.717, 1.165) is 96.3 Å². The van der Waals surface area contributed by atoms with E-state index in [1.165, 1.54) is 128 Å². The molecule has 0 fully saturated rings. The number of rotatable bonds is 55. The molecule has 0 saturated heterocycles. The van der Waals surface area contributed by atoms with Gasteiger partial charge < -0.3 is 20.1 Å². The Morgan fingerprint density at radius 2 is 0.753 bits per heavy atom. The van der Waals surface area contributed by atoms with Crippen molar-refractivity contribution in [1.29, 1.82) is 0 Å². The first-order valence-corrected chi connectivity index (χ1v) is 31.2. The Kier molecular flexibility index (Phi) is 55.7. The number of nitrogens with two attached hydrogens (primary N) is 1. The normalized spacial score (nSPS) is 13.8. The predicted molar refractivity (Wildman–Crippen MR) is 312 cm³/mol. The van der Waals surface area contributed by atoms with Gasteiger partial charge in [-0.15, -0.1) is 0 Å². The minimum atomic E-state index is -4.40. The van der Waals surface area contributed by atoms with Gasteiger partial charge in [-0.25, -0.2) is 4.57 Å². The van der Waals surface area contributed by atoms with E-state index >= 15 is 0 Å². The summed E-state index contributed by atoms with van der Waals surface area (Å²) in [6.45, 7) is 3.62. The molecule has 3 N–H and O–H groups in total. The average molecular weight is 1040 g/mol. The van der Waals surface area contributed by atoms with E-state index in [2.05, 4.69) is 111 Å². The van der Waals surface area contributed by atoms with Crippen molar-refractivity contribution in [3.63, 3.8) is 0 Å². The highest BCUT2D eigenvalue weighted by molar-refractivity contribution is 7.47. The maximum Gasteiger partial charge on any atom is 0.472 e. The zero-order valence-electron chi connectivity index (χ0n) is 46.8. The van der Waals surface area contributed by atoms with Gasteiger partial charge in [0.1, 0.15) is 6.61 Å². The summed E-state index contributed by atoms with van der Waals surface area (Å²) in [5.41, 5.74) is 5.39. The van der Waals surface area contributed by atoms with Crippen LogP contribution in [0.2, 0.25) is 0 Å². The second-order valence-corrected chi connectivity index (χ2v) is 20.9. The van der Waals surface area contributed by atoms with E-state index in [1.54, 1.807) is 0 Å². The number of esters is 2. The second-order valence-electron chi connectivity index (χ2n) is 19.5. The maximum absolute atomic E-state index is 12.7. The Balaban J connectivity index is 4.00. The zero-order chi connectivity index (χ0) is 53.1. The van der Waals surface area contributed by atoms with Gasteiger partial charge in [-0.1, -0.05) is 246 Å². The first-order chi connectivity index (χ1) is 35.8. The quantitative estimate of drug-likeness (QED) is 0.0264. The fourth-order valence-corrected chi connectivity index (χ4v) is 8.85. The van der Waals surface area contributed by atoms with Crippen molar-refractivity contribution in [3.8, 4) is 0 Å². The molecule has 0 spiro atoms. The molecule has 0 aromatic carbocycles. The lowest BCUT2D eigenvalue weighted by Gasteiger charge is -2.19. The van der Waals surface area contributed by atoms with Crippen LogP contribution in [0.5, 0.6) is 0 Å². The van der Waals surface area contributed by atoms with Gasteiger partial charge in [0.05, 0.1) is 13.2 Å². The van der Waals surface area contributed by atoms with E-state index in [9.17, 15) is 19.0 Å². The molecule has 0 heterocycles. The van der Waals surface area contributed by atoms with Gasteiger partial charge in [0.15, 0.2) is 6.10 Å². The molecule has 2 unspecified atom stereocenters. The fourth-order valence-electron chi connectivity index (χ4n) is 8.08. The van der Waals surface area contributed by atoms with Gasteiger partial charge in [-0.3, -0.25) is 18.6 Å². The van der Waals surface area contributed by atoms with Crippen LogP contribution in [0.3, 0.4) is 0 Å². The topological polar surface area (TPSA) is 134 Å². The van der Waals surface area contributed by atoms with Crippen molar-refractivity contribution in [2.24, 2.45) is 5.73 Å². The summed E-state index contributed by atoms with van der Waals surface area (Å²) < 4.78 is 33.1. The van der Waals surface area contributed by atoms with Gasteiger partial charge in [-0.2, -0.15) is 0 Å². The number of allylic oxidation sites excluding steroid dienone is 16.